The Labute approximate surface area is 94.7 Å². The first kappa shape index (κ1) is 11.1. The topological polar surface area (TPSA) is 58.4 Å². The number of piperidine rings is 1. The van der Waals surface area contributed by atoms with Crippen LogP contribution in [0.4, 0.5) is 0 Å². The second kappa shape index (κ2) is 4.25. The molecular weight excluding hydrogens is 206 g/mol. The number of hydrogen-bond donors (Lipinski definition) is 1. The lowest BCUT2D eigenvalue weighted by Gasteiger charge is -2.28. The van der Waals surface area contributed by atoms with Gasteiger partial charge < -0.3 is 10.0 Å². The highest BCUT2D eigenvalue weighted by molar-refractivity contribution is 5.85. The van der Waals surface area contributed by atoms with E-state index in [1.807, 2.05) is 7.05 Å². The fourth-order valence-corrected chi connectivity index (χ4v) is 2.27. The molecule has 0 aromatic carbocycles. The molecule has 1 aromatic heterocycles. The van der Waals surface area contributed by atoms with Crippen molar-refractivity contribution in [2.75, 3.05) is 20.1 Å². The molecule has 1 N–H and O–H groups in total. The molecule has 0 saturated carbocycles. The molecular formula is C11H17N3O2. The van der Waals surface area contributed by atoms with Gasteiger partial charge in [-0.25, -0.2) is 4.79 Å². The van der Waals surface area contributed by atoms with Gasteiger partial charge in [0, 0.05) is 18.7 Å². The number of carbonyl (C=O) groups is 1. The van der Waals surface area contributed by atoms with Crippen molar-refractivity contribution in [1.29, 1.82) is 0 Å². The molecule has 5 heteroatoms. The van der Waals surface area contributed by atoms with Gasteiger partial charge >= 0.3 is 5.97 Å². The number of rotatable bonds is 2. The van der Waals surface area contributed by atoms with E-state index >= 15 is 0 Å². The van der Waals surface area contributed by atoms with E-state index in [0.29, 0.717) is 5.92 Å². The summed E-state index contributed by atoms with van der Waals surface area (Å²) in [7, 11) is 3.93. The Bertz CT molecular complexity index is 392. The van der Waals surface area contributed by atoms with E-state index in [4.69, 9.17) is 5.11 Å². The molecule has 0 bridgehead atoms. The fraction of sp³-hybridized carbons (Fsp3) is 0.636. The lowest BCUT2D eigenvalue weighted by Crippen LogP contribution is -2.29. The first-order valence-corrected chi connectivity index (χ1v) is 5.53. The van der Waals surface area contributed by atoms with Crippen LogP contribution >= 0.6 is 0 Å². The van der Waals surface area contributed by atoms with Gasteiger partial charge in [0.1, 0.15) is 0 Å². The molecule has 16 heavy (non-hydrogen) atoms. The average Bonchev–Trinajstić information content (AvgIpc) is 2.62. The van der Waals surface area contributed by atoms with Gasteiger partial charge in [0.15, 0.2) is 5.69 Å². The van der Waals surface area contributed by atoms with Crippen LogP contribution in [-0.2, 0) is 7.05 Å². The van der Waals surface area contributed by atoms with Crippen molar-refractivity contribution in [3.63, 3.8) is 0 Å². The van der Waals surface area contributed by atoms with Crippen LogP contribution in [0.5, 0.6) is 0 Å². The van der Waals surface area contributed by atoms with Crippen LogP contribution in [0.3, 0.4) is 0 Å². The van der Waals surface area contributed by atoms with Crippen molar-refractivity contribution in [3.8, 4) is 0 Å². The summed E-state index contributed by atoms with van der Waals surface area (Å²) in [6, 6.07) is 1.71. The number of carboxylic acids is 1. The van der Waals surface area contributed by atoms with E-state index in [-0.39, 0.29) is 5.69 Å². The van der Waals surface area contributed by atoms with Gasteiger partial charge in [-0.05, 0) is 39.0 Å². The van der Waals surface area contributed by atoms with Gasteiger partial charge in [0.05, 0.1) is 0 Å². The molecule has 1 saturated heterocycles. The summed E-state index contributed by atoms with van der Waals surface area (Å²) >= 11 is 0. The minimum atomic E-state index is -0.949. The molecule has 1 aromatic rings. The molecule has 0 unspecified atom stereocenters. The number of aryl methyl sites for hydroxylation is 1. The minimum absolute atomic E-state index is 0.149. The summed E-state index contributed by atoms with van der Waals surface area (Å²) < 4.78 is 1.71. The monoisotopic (exact) mass is 223 g/mol. The zero-order chi connectivity index (χ0) is 11.7. The molecule has 0 spiro atoms. The van der Waals surface area contributed by atoms with Crippen molar-refractivity contribution in [1.82, 2.24) is 14.7 Å². The lowest BCUT2D eigenvalue weighted by atomic mass is 9.93. The first-order valence-electron chi connectivity index (χ1n) is 5.53. The quantitative estimate of drug-likeness (QED) is 0.810. The van der Waals surface area contributed by atoms with Crippen LogP contribution in [0, 0.1) is 0 Å². The predicted molar refractivity (Wildman–Crippen MR) is 59.6 cm³/mol. The Balaban J connectivity index is 2.17. The number of carboxylic acid groups (broad SMARTS) is 1. The number of aromatic nitrogens is 2. The maximum absolute atomic E-state index is 10.8. The molecule has 0 atom stereocenters. The molecule has 0 amide bonds. The van der Waals surface area contributed by atoms with Crippen molar-refractivity contribution < 1.29 is 9.90 Å². The van der Waals surface area contributed by atoms with Gasteiger partial charge in [-0.3, -0.25) is 4.68 Å². The normalized spacial score (nSPS) is 18.9. The third kappa shape index (κ3) is 2.09. The maximum Gasteiger partial charge on any atom is 0.356 e. The van der Waals surface area contributed by atoms with Crippen LogP contribution in [0.15, 0.2) is 6.07 Å². The van der Waals surface area contributed by atoms with Gasteiger partial charge in [0.25, 0.3) is 0 Å². The number of hydrogen-bond acceptors (Lipinski definition) is 3. The summed E-state index contributed by atoms with van der Waals surface area (Å²) in [5.41, 5.74) is 1.20. The Morgan fingerprint density at radius 3 is 2.56 bits per heavy atom. The fourth-order valence-electron chi connectivity index (χ4n) is 2.27. The Hall–Kier alpha value is -1.36. The SMILES string of the molecule is CN1CCC(c2cc(C(=O)O)nn2C)CC1. The van der Waals surface area contributed by atoms with Crippen LogP contribution in [0.2, 0.25) is 0 Å². The smallest absolute Gasteiger partial charge is 0.356 e. The molecule has 1 aliphatic rings. The van der Waals surface area contributed by atoms with Gasteiger partial charge in [-0.15, -0.1) is 0 Å². The van der Waals surface area contributed by atoms with Crippen molar-refractivity contribution in [3.05, 3.63) is 17.5 Å². The first-order chi connectivity index (χ1) is 7.58. The summed E-state index contributed by atoms with van der Waals surface area (Å²) in [6.45, 7) is 2.14. The van der Waals surface area contributed by atoms with E-state index < -0.39 is 5.97 Å². The largest absolute Gasteiger partial charge is 0.476 e. The molecule has 1 aliphatic heterocycles. The Morgan fingerprint density at radius 1 is 1.44 bits per heavy atom. The van der Waals surface area contributed by atoms with Crippen LogP contribution in [0.25, 0.3) is 0 Å². The van der Waals surface area contributed by atoms with Crippen LogP contribution in [-0.4, -0.2) is 45.9 Å². The molecule has 0 aliphatic carbocycles. The highest BCUT2D eigenvalue weighted by Crippen LogP contribution is 2.27. The van der Waals surface area contributed by atoms with E-state index in [0.717, 1.165) is 31.6 Å². The van der Waals surface area contributed by atoms with Crippen LogP contribution in [0.1, 0.15) is 34.9 Å². The molecule has 88 valence electrons. The van der Waals surface area contributed by atoms with Gasteiger partial charge in [-0.1, -0.05) is 0 Å². The third-order valence-electron chi connectivity index (χ3n) is 3.27. The summed E-state index contributed by atoms with van der Waals surface area (Å²) in [5.74, 6) is -0.503. The third-order valence-corrected chi connectivity index (χ3v) is 3.27. The second-order valence-electron chi connectivity index (χ2n) is 4.46. The van der Waals surface area contributed by atoms with E-state index in [1.54, 1.807) is 10.7 Å². The zero-order valence-corrected chi connectivity index (χ0v) is 9.68. The summed E-state index contributed by atoms with van der Waals surface area (Å²) in [6.07, 6.45) is 2.16. The van der Waals surface area contributed by atoms with Crippen molar-refractivity contribution in [2.24, 2.45) is 7.05 Å². The maximum atomic E-state index is 10.8. The predicted octanol–water partition coefficient (Wildman–Crippen LogP) is 0.927. The molecule has 5 nitrogen and oxygen atoms in total. The minimum Gasteiger partial charge on any atom is -0.476 e. The second-order valence-corrected chi connectivity index (χ2v) is 4.46. The van der Waals surface area contributed by atoms with Gasteiger partial charge in [-0.2, -0.15) is 5.10 Å². The molecule has 2 rings (SSSR count). The standard InChI is InChI=1S/C11H17N3O2/c1-13-5-3-8(4-6-13)10-7-9(11(15)16)12-14(10)2/h7-8H,3-6H2,1-2H3,(H,15,16). The number of aromatic carboxylic acids is 1. The van der Waals surface area contributed by atoms with E-state index in [2.05, 4.69) is 17.0 Å². The number of likely N-dealkylation sites (tertiary alicyclic amines) is 1. The zero-order valence-electron chi connectivity index (χ0n) is 9.68. The summed E-state index contributed by atoms with van der Waals surface area (Å²) in [4.78, 5) is 13.1. The molecule has 2 heterocycles. The van der Waals surface area contributed by atoms with Crippen LogP contribution < -0.4 is 0 Å². The number of nitrogens with zero attached hydrogens (tertiary/aromatic N) is 3. The highest BCUT2D eigenvalue weighted by Gasteiger charge is 2.23. The molecule has 0 radical (unpaired) electrons. The lowest BCUT2D eigenvalue weighted by molar-refractivity contribution is 0.0689. The highest BCUT2D eigenvalue weighted by atomic mass is 16.4. The van der Waals surface area contributed by atoms with Crippen molar-refractivity contribution in [2.45, 2.75) is 18.8 Å². The molecule has 1 fully saturated rings. The average molecular weight is 223 g/mol. The Kier molecular flexibility index (Phi) is 2.96. The van der Waals surface area contributed by atoms with E-state index in [9.17, 15) is 4.79 Å². The van der Waals surface area contributed by atoms with E-state index in [1.165, 1.54) is 0 Å². The Morgan fingerprint density at radius 2 is 2.06 bits per heavy atom. The van der Waals surface area contributed by atoms with Crippen molar-refractivity contribution >= 4 is 5.97 Å². The van der Waals surface area contributed by atoms with Gasteiger partial charge in [0.2, 0.25) is 0 Å². The summed E-state index contributed by atoms with van der Waals surface area (Å²) in [5, 5.41) is 12.9.